The minimum Gasteiger partial charge on any atom is -0.476 e. The quantitative estimate of drug-likeness (QED) is 0.429. The van der Waals surface area contributed by atoms with Crippen LogP contribution in [0, 0.1) is 6.92 Å². The fourth-order valence-electron chi connectivity index (χ4n) is 3.07. The molecule has 1 atom stereocenters. The van der Waals surface area contributed by atoms with E-state index in [9.17, 15) is 13.2 Å². The standard InChI is InChI=1S/C20H20N4O4S3/c1-3-29-20-23-22-19(30-20)21-18(25)17-12-24(15-11-13(2)9-10-16(15)28-17)31(26,27)14-7-5-4-6-8-14/h4-11,17H,3,12H2,1-2H3,(H,21,22,25)/t17-/m0/s1. The predicted molar refractivity (Wildman–Crippen MR) is 122 cm³/mol. The number of rotatable bonds is 6. The number of carbonyl (C=O) groups excluding carboxylic acids is 1. The molecule has 0 bridgehead atoms. The van der Waals surface area contributed by atoms with Crippen LogP contribution in [-0.2, 0) is 14.8 Å². The first-order chi connectivity index (χ1) is 14.9. The number of anilines is 2. The minimum absolute atomic E-state index is 0.147. The number of amides is 1. The second kappa shape index (κ2) is 8.85. The van der Waals surface area contributed by atoms with E-state index in [4.69, 9.17) is 4.74 Å². The van der Waals surface area contributed by atoms with E-state index in [1.165, 1.54) is 39.5 Å². The van der Waals surface area contributed by atoms with Crippen LogP contribution in [0.15, 0.2) is 57.8 Å². The Labute approximate surface area is 188 Å². The van der Waals surface area contributed by atoms with Gasteiger partial charge < -0.3 is 4.74 Å². The summed E-state index contributed by atoms with van der Waals surface area (Å²) < 4.78 is 34.6. The van der Waals surface area contributed by atoms with Gasteiger partial charge in [-0.05, 0) is 42.5 Å². The summed E-state index contributed by atoms with van der Waals surface area (Å²) in [5, 5.41) is 11.0. The first-order valence-corrected chi connectivity index (χ1v) is 12.7. The van der Waals surface area contributed by atoms with Crippen molar-refractivity contribution in [2.75, 3.05) is 21.9 Å². The highest BCUT2D eigenvalue weighted by Crippen LogP contribution is 2.38. The van der Waals surface area contributed by atoms with Crippen molar-refractivity contribution in [3.05, 3.63) is 54.1 Å². The number of thioether (sulfide) groups is 1. The lowest BCUT2D eigenvalue weighted by Crippen LogP contribution is -2.48. The van der Waals surface area contributed by atoms with Gasteiger partial charge in [0.05, 0.1) is 17.1 Å². The fraction of sp³-hybridized carbons (Fsp3) is 0.250. The van der Waals surface area contributed by atoms with Gasteiger partial charge in [0.1, 0.15) is 5.75 Å². The van der Waals surface area contributed by atoms with E-state index in [-0.39, 0.29) is 11.4 Å². The molecule has 0 unspecified atom stereocenters. The van der Waals surface area contributed by atoms with Crippen molar-refractivity contribution in [3.8, 4) is 5.75 Å². The summed E-state index contributed by atoms with van der Waals surface area (Å²) in [6.07, 6.45) is -1.04. The highest BCUT2D eigenvalue weighted by Gasteiger charge is 2.38. The number of aryl methyl sites for hydroxylation is 1. The van der Waals surface area contributed by atoms with E-state index in [0.717, 1.165) is 15.7 Å². The third kappa shape index (κ3) is 4.53. The molecular weight excluding hydrogens is 456 g/mol. The Kier molecular flexibility index (Phi) is 6.17. The molecule has 4 rings (SSSR count). The number of aromatic nitrogens is 2. The third-order valence-electron chi connectivity index (χ3n) is 4.51. The molecule has 0 saturated heterocycles. The Morgan fingerprint density at radius 3 is 2.77 bits per heavy atom. The fourth-order valence-corrected chi connectivity index (χ4v) is 6.21. The average molecular weight is 477 g/mol. The lowest BCUT2D eigenvalue weighted by atomic mass is 10.1. The van der Waals surface area contributed by atoms with E-state index >= 15 is 0 Å². The van der Waals surface area contributed by atoms with Gasteiger partial charge in [0, 0.05) is 0 Å². The number of fused-ring (bicyclic) bond motifs is 1. The molecule has 0 radical (unpaired) electrons. The molecule has 3 aromatic rings. The zero-order chi connectivity index (χ0) is 22.0. The molecule has 1 amide bonds. The van der Waals surface area contributed by atoms with Crippen molar-refractivity contribution < 1.29 is 17.9 Å². The zero-order valence-corrected chi connectivity index (χ0v) is 19.3. The Bertz CT molecular complexity index is 1200. The average Bonchev–Trinajstić information content (AvgIpc) is 3.20. The van der Waals surface area contributed by atoms with Gasteiger partial charge >= 0.3 is 0 Å². The molecule has 1 N–H and O–H groups in total. The maximum atomic E-state index is 13.4. The molecule has 1 aliphatic heterocycles. The van der Waals surface area contributed by atoms with E-state index in [1.54, 1.807) is 30.3 Å². The molecule has 0 saturated carbocycles. The van der Waals surface area contributed by atoms with E-state index < -0.39 is 22.0 Å². The van der Waals surface area contributed by atoms with E-state index in [2.05, 4.69) is 15.5 Å². The molecule has 1 aliphatic rings. The van der Waals surface area contributed by atoms with E-state index in [0.29, 0.717) is 16.6 Å². The summed E-state index contributed by atoms with van der Waals surface area (Å²) in [5.74, 6) is 0.691. The lowest BCUT2D eigenvalue weighted by Gasteiger charge is -2.34. The third-order valence-corrected chi connectivity index (χ3v) is 8.16. The normalized spacial score (nSPS) is 15.8. The number of nitrogens with one attached hydrogen (secondary N) is 1. The van der Waals surface area contributed by atoms with Crippen LogP contribution in [0.2, 0.25) is 0 Å². The van der Waals surface area contributed by atoms with Crippen molar-refractivity contribution >= 4 is 49.8 Å². The summed E-state index contributed by atoms with van der Waals surface area (Å²) in [5.41, 5.74) is 1.29. The molecule has 8 nitrogen and oxygen atoms in total. The molecule has 0 fully saturated rings. The molecule has 1 aromatic heterocycles. The van der Waals surface area contributed by atoms with Gasteiger partial charge in [-0.3, -0.25) is 14.4 Å². The Morgan fingerprint density at radius 2 is 2.03 bits per heavy atom. The van der Waals surface area contributed by atoms with Crippen molar-refractivity contribution in [2.24, 2.45) is 0 Å². The number of benzene rings is 2. The SMILES string of the molecule is CCSc1nnc(NC(=O)[C@@H]2CN(S(=O)(=O)c3ccccc3)c3cc(C)ccc3O2)s1. The highest BCUT2D eigenvalue weighted by atomic mass is 32.2. The summed E-state index contributed by atoms with van der Waals surface area (Å²) in [7, 11) is -3.89. The number of hydrogen-bond acceptors (Lipinski definition) is 8. The second-order valence-electron chi connectivity index (χ2n) is 6.72. The van der Waals surface area contributed by atoms with Crippen LogP contribution in [0.25, 0.3) is 0 Å². The van der Waals surface area contributed by atoms with Crippen molar-refractivity contribution in [1.82, 2.24) is 10.2 Å². The molecule has 31 heavy (non-hydrogen) atoms. The van der Waals surface area contributed by atoms with Gasteiger partial charge in [-0.15, -0.1) is 10.2 Å². The predicted octanol–water partition coefficient (Wildman–Crippen LogP) is 3.55. The summed E-state index contributed by atoms with van der Waals surface area (Å²) in [6, 6.07) is 13.4. The smallest absolute Gasteiger partial charge is 0.269 e. The molecule has 0 aliphatic carbocycles. The largest absolute Gasteiger partial charge is 0.476 e. The first kappa shape index (κ1) is 21.6. The van der Waals surface area contributed by atoms with Gasteiger partial charge in [0.15, 0.2) is 10.4 Å². The molecule has 2 aromatic carbocycles. The van der Waals surface area contributed by atoms with Crippen LogP contribution in [-0.4, -0.2) is 42.9 Å². The Hall–Kier alpha value is -2.63. The zero-order valence-electron chi connectivity index (χ0n) is 16.8. The van der Waals surface area contributed by atoms with Gasteiger partial charge in [0.25, 0.3) is 15.9 Å². The molecule has 11 heteroatoms. The second-order valence-corrected chi connectivity index (χ2v) is 11.1. The minimum atomic E-state index is -3.89. The van der Waals surface area contributed by atoms with Crippen molar-refractivity contribution in [2.45, 2.75) is 29.2 Å². The van der Waals surface area contributed by atoms with Gasteiger partial charge in [-0.1, -0.05) is 54.3 Å². The highest BCUT2D eigenvalue weighted by molar-refractivity contribution is 8.01. The molecule has 0 spiro atoms. The number of sulfonamides is 1. The maximum absolute atomic E-state index is 13.4. The topological polar surface area (TPSA) is 101 Å². The Balaban J connectivity index is 1.64. The summed E-state index contributed by atoms with van der Waals surface area (Å²) in [4.78, 5) is 13.0. The summed E-state index contributed by atoms with van der Waals surface area (Å²) >= 11 is 2.79. The number of ether oxygens (including phenoxy) is 1. The van der Waals surface area contributed by atoms with Crippen LogP contribution in [0.4, 0.5) is 10.8 Å². The first-order valence-electron chi connectivity index (χ1n) is 9.50. The van der Waals surface area contributed by atoms with Gasteiger partial charge in [-0.25, -0.2) is 8.42 Å². The summed E-state index contributed by atoms with van der Waals surface area (Å²) in [6.45, 7) is 3.71. The molecular formula is C20H20N4O4S3. The molecule has 2 heterocycles. The Morgan fingerprint density at radius 1 is 1.26 bits per heavy atom. The maximum Gasteiger partial charge on any atom is 0.269 e. The van der Waals surface area contributed by atoms with E-state index in [1.807, 2.05) is 19.9 Å². The van der Waals surface area contributed by atoms with Gasteiger partial charge in [-0.2, -0.15) is 0 Å². The lowest BCUT2D eigenvalue weighted by molar-refractivity contribution is -0.122. The monoisotopic (exact) mass is 476 g/mol. The van der Waals surface area contributed by atoms with Crippen molar-refractivity contribution in [3.63, 3.8) is 0 Å². The van der Waals surface area contributed by atoms with Crippen LogP contribution >= 0.6 is 23.1 Å². The van der Waals surface area contributed by atoms with Crippen LogP contribution in [0.3, 0.4) is 0 Å². The number of hydrogen-bond donors (Lipinski definition) is 1. The van der Waals surface area contributed by atoms with Crippen LogP contribution < -0.4 is 14.4 Å². The van der Waals surface area contributed by atoms with Crippen LogP contribution in [0.1, 0.15) is 12.5 Å². The number of carbonyl (C=O) groups is 1. The van der Waals surface area contributed by atoms with Gasteiger partial charge in [0.2, 0.25) is 5.13 Å². The van der Waals surface area contributed by atoms with Crippen molar-refractivity contribution in [1.29, 1.82) is 0 Å². The number of nitrogens with zero attached hydrogens (tertiary/aromatic N) is 3. The van der Waals surface area contributed by atoms with Crippen LogP contribution in [0.5, 0.6) is 5.75 Å². The molecule has 162 valence electrons.